The summed E-state index contributed by atoms with van der Waals surface area (Å²) in [6, 6.07) is 19.1. The van der Waals surface area contributed by atoms with E-state index < -0.39 is 16.1 Å². The molecule has 0 atom stereocenters. The van der Waals surface area contributed by atoms with Gasteiger partial charge in [0.25, 0.3) is 0 Å². The standard InChI is InChI=1S/C32H22ClF2N5O4S2/c33-24-11-21(7-8-29(24)44-14-19-4-3-5-20(34)10-19)39-32-23-12-22(25(35)13-27(23)37-18-38-32)28-17-45-31(40-28)16-43-15-30(46(41)42)26-6-1-2-9-36-26/h1-13,17-18H,14-16H2,(H,37,38,39). The maximum atomic E-state index is 15.2. The van der Waals surface area contributed by atoms with E-state index in [1.54, 1.807) is 60.0 Å². The van der Waals surface area contributed by atoms with Crippen LogP contribution in [0.4, 0.5) is 20.3 Å². The summed E-state index contributed by atoms with van der Waals surface area (Å²) in [7, 11) is -2.51. The van der Waals surface area contributed by atoms with E-state index in [-0.39, 0.29) is 36.1 Å². The Balaban J connectivity index is 1.17. The number of hydrogen-bond donors (Lipinski definition) is 1. The number of nitrogens with one attached hydrogen (secondary N) is 1. The first-order valence-electron chi connectivity index (χ1n) is 13.6. The summed E-state index contributed by atoms with van der Waals surface area (Å²) in [5.41, 5.74) is 2.55. The summed E-state index contributed by atoms with van der Waals surface area (Å²) < 4.78 is 63.5. The molecule has 0 unspecified atom stereocenters. The molecule has 9 nitrogen and oxygen atoms in total. The molecule has 1 N–H and O–H groups in total. The Kier molecular flexibility index (Phi) is 9.54. The number of thiazole rings is 1. The van der Waals surface area contributed by atoms with Gasteiger partial charge in [0, 0.05) is 34.3 Å². The topological polar surface area (TPSA) is 116 Å². The van der Waals surface area contributed by atoms with Crippen molar-refractivity contribution in [1.29, 1.82) is 0 Å². The van der Waals surface area contributed by atoms with Crippen LogP contribution in [0.3, 0.4) is 0 Å². The van der Waals surface area contributed by atoms with Crippen LogP contribution in [-0.2, 0) is 28.2 Å². The molecule has 14 heteroatoms. The number of halogens is 3. The fourth-order valence-electron chi connectivity index (χ4n) is 4.46. The highest BCUT2D eigenvalue weighted by molar-refractivity contribution is 7.73. The fourth-order valence-corrected chi connectivity index (χ4v) is 5.90. The molecular formula is C32H22ClF2N5O4S2. The van der Waals surface area contributed by atoms with Gasteiger partial charge in [-0.2, -0.15) is 8.42 Å². The van der Waals surface area contributed by atoms with E-state index in [9.17, 15) is 12.8 Å². The van der Waals surface area contributed by atoms with Crippen LogP contribution in [0.2, 0.25) is 5.02 Å². The maximum Gasteiger partial charge on any atom is 0.221 e. The Labute approximate surface area is 272 Å². The highest BCUT2D eigenvalue weighted by atomic mass is 35.5. The Morgan fingerprint density at radius 1 is 0.957 bits per heavy atom. The van der Waals surface area contributed by atoms with Crippen molar-refractivity contribution in [3.05, 3.63) is 124 Å². The van der Waals surface area contributed by atoms with Crippen LogP contribution < -0.4 is 10.1 Å². The molecule has 6 aromatic rings. The molecule has 0 aliphatic heterocycles. The third-order valence-corrected chi connectivity index (χ3v) is 8.49. The van der Waals surface area contributed by atoms with Crippen molar-refractivity contribution in [2.45, 2.75) is 13.2 Å². The van der Waals surface area contributed by atoms with E-state index in [0.29, 0.717) is 55.1 Å². The first-order valence-corrected chi connectivity index (χ1v) is 15.9. The number of hydrogen-bond acceptors (Lipinski definition) is 10. The minimum absolute atomic E-state index is 0.0188. The summed E-state index contributed by atoms with van der Waals surface area (Å²) in [6.45, 7) is -0.0276. The van der Waals surface area contributed by atoms with E-state index in [2.05, 4.69) is 25.3 Å². The number of benzene rings is 3. The average molecular weight is 678 g/mol. The lowest BCUT2D eigenvalue weighted by Crippen LogP contribution is -2.13. The lowest BCUT2D eigenvalue weighted by Gasteiger charge is -2.12. The molecule has 6 rings (SSSR count). The fraction of sp³-hybridized carbons (Fsp3) is 0.0938. The molecule has 3 aromatic heterocycles. The number of aromatic nitrogens is 4. The second-order valence-corrected chi connectivity index (χ2v) is 12.1. The highest BCUT2D eigenvalue weighted by Crippen LogP contribution is 2.34. The van der Waals surface area contributed by atoms with Crippen LogP contribution in [0.25, 0.3) is 22.2 Å². The highest BCUT2D eigenvalue weighted by Gasteiger charge is 2.16. The van der Waals surface area contributed by atoms with Crippen molar-refractivity contribution >= 4 is 60.5 Å². The van der Waals surface area contributed by atoms with Gasteiger partial charge in [-0.1, -0.05) is 29.8 Å². The van der Waals surface area contributed by atoms with Crippen LogP contribution in [0.15, 0.2) is 90.7 Å². The first-order chi connectivity index (χ1) is 22.3. The number of anilines is 2. The van der Waals surface area contributed by atoms with Crippen molar-refractivity contribution < 1.29 is 26.7 Å². The second-order valence-electron chi connectivity index (χ2n) is 9.75. The summed E-state index contributed by atoms with van der Waals surface area (Å²) in [6.07, 6.45) is 2.82. The quantitative estimate of drug-likeness (QED) is 0.114. The Morgan fingerprint density at radius 2 is 1.85 bits per heavy atom. The smallest absolute Gasteiger partial charge is 0.221 e. The van der Waals surface area contributed by atoms with Gasteiger partial charge in [0.1, 0.15) is 46.0 Å². The van der Waals surface area contributed by atoms with Crippen LogP contribution in [0.5, 0.6) is 5.75 Å². The third-order valence-electron chi connectivity index (χ3n) is 6.64. The number of fused-ring (bicyclic) bond motifs is 1. The first kappa shape index (κ1) is 31.2. The molecule has 0 bridgehead atoms. The second kappa shape index (κ2) is 14.1. The molecule has 0 saturated carbocycles. The summed E-state index contributed by atoms with van der Waals surface area (Å²) in [4.78, 5) is 17.2. The molecule has 3 heterocycles. The molecule has 46 heavy (non-hydrogen) atoms. The van der Waals surface area contributed by atoms with Crippen LogP contribution in [0.1, 0.15) is 16.3 Å². The molecule has 0 fully saturated rings. The molecule has 0 amide bonds. The van der Waals surface area contributed by atoms with E-state index in [1.807, 2.05) is 0 Å². The van der Waals surface area contributed by atoms with Gasteiger partial charge >= 0.3 is 0 Å². The lowest BCUT2D eigenvalue weighted by molar-refractivity contribution is 0.159. The zero-order valence-electron chi connectivity index (χ0n) is 23.7. The molecule has 0 aliphatic rings. The van der Waals surface area contributed by atoms with Crippen LogP contribution in [0, 0.1) is 11.6 Å². The van der Waals surface area contributed by atoms with Crippen molar-refractivity contribution in [3.63, 3.8) is 0 Å². The van der Waals surface area contributed by atoms with E-state index in [0.717, 1.165) is 0 Å². The maximum absolute atomic E-state index is 15.2. The van der Waals surface area contributed by atoms with Crippen LogP contribution in [-0.4, -0.2) is 39.8 Å². The normalized spacial score (nSPS) is 11.0. The number of rotatable bonds is 11. The molecule has 0 radical (unpaired) electrons. The predicted octanol–water partition coefficient (Wildman–Crippen LogP) is 7.02. The zero-order valence-corrected chi connectivity index (χ0v) is 26.0. The Bertz CT molecular complexity index is 2180. The number of nitrogens with zero attached hydrogens (tertiary/aromatic N) is 4. The van der Waals surface area contributed by atoms with Gasteiger partial charge in [0.2, 0.25) is 10.3 Å². The van der Waals surface area contributed by atoms with E-state index in [4.69, 9.17) is 21.1 Å². The SMILES string of the molecule is O=S(=O)=C(COCc1nc(-c2cc3c(Nc4ccc(OCc5cccc(F)c5)c(Cl)c4)ncnc3cc2F)cs1)c1ccccn1. The minimum Gasteiger partial charge on any atom is -0.487 e. The molecule has 0 spiro atoms. The summed E-state index contributed by atoms with van der Waals surface area (Å²) >= 11 is 7.72. The molecule has 0 saturated heterocycles. The lowest BCUT2D eigenvalue weighted by atomic mass is 10.1. The number of ether oxygens (including phenoxy) is 2. The molecule has 0 aliphatic carbocycles. The van der Waals surface area contributed by atoms with Gasteiger partial charge in [-0.3, -0.25) is 4.98 Å². The van der Waals surface area contributed by atoms with Gasteiger partial charge in [-0.25, -0.2) is 23.7 Å². The summed E-state index contributed by atoms with van der Waals surface area (Å²) in [5.74, 6) is -0.0377. The monoisotopic (exact) mass is 677 g/mol. The Hall–Kier alpha value is -4.82. The van der Waals surface area contributed by atoms with Crippen LogP contribution >= 0.6 is 22.9 Å². The van der Waals surface area contributed by atoms with E-state index >= 15 is 4.39 Å². The zero-order chi connectivity index (χ0) is 32.0. The average Bonchev–Trinajstić information content (AvgIpc) is 3.51. The largest absolute Gasteiger partial charge is 0.487 e. The van der Waals surface area contributed by atoms with Crippen molar-refractivity contribution in [3.8, 4) is 17.0 Å². The molecule has 232 valence electrons. The van der Waals surface area contributed by atoms with Gasteiger partial charge in [-0.05, 0) is 54.1 Å². The van der Waals surface area contributed by atoms with E-state index in [1.165, 1.54) is 42.1 Å². The van der Waals surface area contributed by atoms with Gasteiger partial charge in [0.05, 0.1) is 35.1 Å². The van der Waals surface area contributed by atoms with Gasteiger partial charge < -0.3 is 14.8 Å². The molecule has 3 aromatic carbocycles. The Morgan fingerprint density at radius 3 is 2.63 bits per heavy atom. The van der Waals surface area contributed by atoms with Gasteiger partial charge in [0.15, 0.2) is 0 Å². The van der Waals surface area contributed by atoms with Crippen molar-refractivity contribution in [2.24, 2.45) is 0 Å². The minimum atomic E-state index is -2.51. The number of pyridine rings is 1. The third kappa shape index (κ3) is 7.35. The summed E-state index contributed by atoms with van der Waals surface area (Å²) in [5, 5.41) is 6.29. The van der Waals surface area contributed by atoms with Gasteiger partial charge in [-0.15, -0.1) is 11.3 Å². The molecular weight excluding hydrogens is 656 g/mol. The van der Waals surface area contributed by atoms with Crippen molar-refractivity contribution in [1.82, 2.24) is 19.9 Å². The van der Waals surface area contributed by atoms with Crippen molar-refractivity contribution in [2.75, 3.05) is 11.9 Å². The predicted molar refractivity (Wildman–Crippen MR) is 173 cm³/mol.